The van der Waals surface area contributed by atoms with Crippen molar-refractivity contribution in [3.8, 4) is 0 Å². The van der Waals surface area contributed by atoms with Gasteiger partial charge in [-0.1, -0.05) is 5.57 Å². The Hall–Kier alpha value is -0.340. The summed E-state index contributed by atoms with van der Waals surface area (Å²) in [7, 11) is 0. The molecule has 0 aromatic carbocycles. The number of unbranched alkanes of at least 4 members (excludes halogenated alkanes) is 1. The molecule has 2 aliphatic rings. The fraction of sp³-hybridized carbons (Fsp3) is 0.846. The number of hydrogen-bond donors (Lipinski definition) is 1. The molecule has 2 rings (SSSR count). The molecule has 1 unspecified atom stereocenters. The summed E-state index contributed by atoms with van der Waals surface area (Å²) in [4.78, 5) is 0. The maximum atomic E-state index is 8.78. The van der Waals surface area contributed by atoms with Crippen molar-refractivity contribution in [1.29, 1.82) is 0 Å². The molecule has 15 heavy (non-hydrogen) atoms. The van der Waals surface area contributed by atoms with Gasteiger partial charge in [-0.25, -0.2) is 0 Å². The van der Waals surface area contributed by atoms with E-state index in [4.69, 9.17) is 9.84 Å². The first kappa shape index (κ1) is 11.2. The van der Waals surface area contributed by atoms with E-state index in [9.17, 15) is 0 Å². The predicted octanol–water partition coefficient (Wildman–Crippen LogP) is 2.81. The van der Waals surface area contributed by atoms with Gasteiger partial charge in [0.05, 0.1) is 12.7 Å². The van der Waals surface area contributed by atoms with Crippen molar-refractivity contribution in [2.75, 3.05) is 13.2 Å². The second-order valence-corrected chi connectivity index (χ2v) is 4.66. The van der Waals surface area contributed by atoms with E-state index in [-0.39, 0.29) is 0 Å². The minimum atomic E-state index is 0.318. The standard InChI is InChI=1S/C13H22O2/c14-9-4-3-7-13-12-6-2-1-5-11(12)8-10-15-13/h13-14H,1-10H2. The van der Waals surface area contributed by atoms with Crippen LogP contribution in [0.4, 0.5) is 0 Å². The lowest BCUT2D eigenvalue weighted by atomic mass is 9.84. The van der Waals surface area contributed by atoms with E-state index < -0.39 is 0 Å². The summed E-state index contributed by atoms with van der Waals surface area (Å²) in [6, 6.07) is 0. The molecule has 0 spiro atoms. The topological polar surface area (TPSA) is 29.5 Å². The molecule has 1 atom stereocenters. The van der Waals surface area contributed by atoms with Crippen LogP contribution in [0.2, 0.25) is 0 Å². The number of ether oxygens (including phenoxy) is 1. The Morgan fingerprint density at radius 1 is 1.13 bits per heavy atom. The number of aliphatic hydroxyl groups is 1. The van der Waals surface area contributed by atoms with Gasteiger partial charge in [-0.05, 0) is 56.9 Å². The highest BCUT2D eigenvalue weighted by molar-refractivity contribution is 5.23. The van der Waals surface area contributed by atoms with Crippen molar-refractivity contribution < 1.29 is 9.84 Å². The smallest absolute Gasteiger partial charge is 0.0787 e. The predicted molar refractivity (Wildman–Crippen MR) is 60.8 cm³/mol. The quantitative estimate of drug-likeness (QED) is 0.571. The summed E-state index contributed by atoms with van der Waals surface area (Å²) in [6.07, 6.45) is 9.99. The molecule has 0 bridgehead atoms. The van der Waals surface area contributed by atoms with Crippen molar-refractivity contribution in [2.24, 2.45) is 0 Å². The van der Waals surface area contributed by atoms with Crippen LogP contribution in [0.15, 0.2) is 11.1 Å². The summed E-state index contributed by atoms with van der Waals surface area (Å²) in [5, 5.41) is 8.78. The summed E-state index contributed by atoms with van der Waals surface area (Å²) >= 11 is 0. The van der Waals surface area contributed by atoms with Crippen molar-refractivity contribution in [2.45, 2.75) is 57.5 Å². The first-order valence-corrected chi connectivity index (χ1v) is 6.35. The van der Waals surface area contributed by atoms with Gasteiger partial charge in [0.2, 0.25) is 0 Å². The van der Waals surface area contributed by atoms with Crippen LogP contribution in [0.3, 0.4) is 0 Å². The Balaban J connectivity index is 1.92. The summed E-state index contributed by atoms with van der Waals surface area (Å²) < 4.78 is 5.85. The molecular weight excluding hydrogens is 188 g/mol. The van der Waals surface area contributed by atoms with Crippen molar-refractivity contribution in [3.05, 3.63) is 11.1 Å². The van der Waals surface area contributed by atoms with Crippen LogP contribution < -0.4 is 0 Å². The summed E-state index contributed by atoms with van der Waals surface area (Å²) in [5.41, 5.74) is 3.31. The highest BCUT2D eigenvalue weighted by atomic mass is 16.5. The Labute approximate surface area is 92.3 Å². The van der Waals surface area contributed by atoms with E-state index in [1.165, 1.54) is 32.1 Å². The zero-order valence-electron chi connectivity index (χ0n) is 9.50. The van der Waals surface area contributed by atoms with E-state index in [0.29, 0.717) is 12.7 Å². The molecule has 0 radical (unpaired) electrons. The van der Waals surface area contributed by atoms with E-state index in [2.05, 4.69) is 0 Å². The van der Waals surface area contributed by atoms with E-state index >= 15 is 0 Å². The van der Waals surface area contributed by atoms with Crippen molar-refractivity contribution in [1.82, 2.24) is 0 Å². The zero-order chi connectivity index (χ0) is 10.5. The van der Waals surface area contributed by atoms with Crippen molar-refractivity contribution >= 4 is 0 Å². The number of rotatable bonds is 4. The molecule has 86 valence electrons. The average molecular weight is 210 g/mol. The fourth-order valence-corrected chi connectivity index (χ4v) is 2.79. The highest BCUT2D eigenvalue weighted by Crippen LogP contribution is 2.35. The maximum Gasteiger partial charge on any atom is 0.0787 e. The number of hydrogen-bond acceptors (Lipinski definition) is 2. The Morgan fingerprint density at radius 3 is 2.87 bits per heavy atom. The largest absolute Gasteiger partial charge is 0.396 e. The molecule has 1 aliphatic carbocycles. The van der Waals surface area contributed by atoms with Crippen LogP contribution in [-0.2, 0) is 4.74 Å². The first-order valence-electron chi connectivity index (χ1n) is 6.35. The Morgan fingerprint density at radius 2 is 2.00 bits per heavy atom. The van der Waals surface area contributed by atoms with E-state index in [0.717, 1.165) is 25.9 Å². The molecule has 0 aromatic rings. The van der Waals surface area contributed by atoms with Crippen LogP contribution in [0, 0.1) is 0 Å². The molecule has 0 fully saturated rings. The lowest BCUT2D eigenvalue weighted by Gasteiger charge is -2.32. The minimum absolute atomic E-state index is 0.318. The van der Waals surface area contributed by atoms with Crippen LogP contribution in [0.25, 0.3) is 0 Å². The van der Waals surface area contributed by atoms with Gasteiger partial charge < -0.3 is 9.84 Å². The average Bonchev–Trinajstić information content (AvgIpc) is 2.30. The zero-order valence-corrected chi connectivity index (χ0v) is 9.50. The summed E-state index contributed by atoms with van der Waals surface area (Å²) in [6.45, 7) is 1.24. The second-order valence-electron chi connectivity index (χ2n) is 4.66. The second kappa shape index (κ2) is 5.66. The fourth-order valence-electron chi connectivity index (χ4n) is 2.79. The van der Waals surface area contributed by atoms with Gasteiger partial charge in [0.25, 0.3) is 0 Å². The molecule has 1 heterocycles. The number of aliphatic hydroxyl groups excluding tert-OH is 1. The van der Waals surface area contributed by atoms with Crippen LogP contribution in [-0.4, -0.2) is 24.4 Å². The molecule has 0 aromatic heterocycles. The molecule has 0 saturated heterocycles. The Kier molecular flexibility index (Phi) is 4.21. The van der Waals surface area contributed by atoms with Crippen LogP contribution in [0.5, 0.6) is 0 Å². The molecule has 0 amide bonds. The monoisotopic (exact) mass is 210 g/mol. The van der Waals surface area contributed by atoms with Gasteiger partial charge in [0.1, 0.15) is 0 Å². The molecular formula is C13H22O2. The molecule has 1 aliphatic heterocycles. The van der Waals surface area contributed by atoms with E-state index in [1.54, 1.807) is 11.1 Å². The Bertz CT molecular complexity index is 229. The van der Waals surface area contributed by atoms with Gasteiger partial charge in [0, 0.05) is 6.61 Å². The lowest BCUT2D eigenvalue weighted by Crippen LogP contribution is -2.25. The normalized spacial score (nSPS) is 26.6. The van der Waals surface area contributed by atoms with E-state index in [1.807, 2.05) is 0 Å². The lowest BCUT2D eigenvalue weighted by molar-refractivity contribution is 0.0535. The minimum Gasteiger partial charge on any atom is -0.396 e. The van der Waals surface area contributed by atoms with Gasteiger partial charge in [0.15, 0.2) is 0 Å². The van der Waals surface area contributed by atoms with Gasteiger partial charge in [-0.2, -0.15) is 0 Å². The highest BCUT2D eigenvalue weighted by Gasteiger charge is 2.24. The molecule has 1 N–H and O–H groups in total. The van der Waals surface area contributed by atoms with Crippen molar-refractivity contribution in [3.63, 3.8) is 0 Å². The maximum absolute atomic E-state index is 8.78. The molecule has 0 saturated carbocycles. The summed E-state index contributed by atoms with van der Waals surface area (Å²) in [5.74, 6) is 0. The van der Waals surface area contributed by atoms with Gasteiger partial charge in [-0.3, -0.25) is 0 Å². The first-order chi connectivity index (χ1) is 7.42. The third-order valence-electron chi connectivity index (χ3n) is 3.61. The van der Waals surface area contributed by atoms with Gasteiger partial charge >= 0.3 is 0 Å². The molecule has 2 heteroatoms. The van der Waals surface area contributed by atoms with Crippen LogP contribution >= 0.6 is 0 Å². The SMILES string of the molecule is OCCCCC1OCCC2=C1CCCC2. The molecule has 2 nitrogen and oxygen atoms in total. The third kappa shape index (κ3) is 2.82. The van der Waals surface area contributed by atoms with Gasteiger partial charge in [-0.15, -0.1) is 0 Å². The van der Waals surface area contributed by atoms with Crippen LogP contribution in [0.1, 0.15) is 51.4 Å². The third-order valence-corrected chi connectivity index (χ3v) is 3.61.